The molecule has 0 aromatic heterocycles. The van der Waals surface area contributed by atoms with Crippen molar-refractivity contribution in [1.29, 1.82) is 0 Å². The molecule has 2 amide bonds. The van der Waals surface area contributed by atoms with Gasteiger partial charge in [0.2, 0.25) is 0 Å². The molecule has 0 aliphatic carbocycles. The molecule has 1 aliphatic heterocycles. The molecule has 1 heterocycles. The minimum absolute atomic E-state index is 0.0393. The first-order chi connectivity index (χ1) is 12.8. The van der Waals surface area contributed by atoms with Gasteiger partial charge >= 0.3 is 18.6 Å². The van der Waals surface area contributed by atoms with Crippen molar-refractivity contribution in [1.82, 2.24) is 10.2 Å². The molecule has 0 saturated heterocycles. The van der Waals surface area contributed by atoms with Gasteiger partial charge in [0.05, 0.1) is 25.8 Å². The lowest BCUT2D eigenvalue weighted by molar-refractivity contribution is -0.136. The van der Waals surface area contributed by atoms with Gasteiger partial charge < -0.3 is 19.5 Å². The molecule has 2 rings (SSSR count). The number of carbonyl (C=O) groups is 2. The highest BCUT2D eigenvalue weighted by Crippen LogP contribution is 2.36. The molecule has 0 radical (unpaired) electrons. The van der Waals surface area contributed by atoms with Crippen LogP contribution in [0, 0.1) is 0 Å². The average molecular weight is 382 g/mol. The van der Waals surface area contributed by atoms with E-state index in [1.54, 1.807) is 6.92 Å². The number of halogens is 2. The van der Waals surface area contributed by atoms with E-state index in [-0.39, 0.29) is 23.6 Å². The Balaban J connectivity index is 2.53. The molecule has 1 atom stereocenters. The van der Waals surface area contributed by atoms with Crippen LogP contribution in [0.25, 0.3) is 0 Å². The van der Waals surface area contributed by atoms with Crippen LogP contribution in [0.15, 0.2) is 42.1 Å². The lowest BCUT2D eigenvalue weighted by Gasteiger charge is -2.34. The second-order valence-electron chi connectivity index (χ2n) is 5.56. The number of hydrogen-bond donors (Lipinski definition) is 1. The number of hydrogen-bond acceptors (Lipinski definition) is 5. The fraction of sp³-hybridized carbons (Fsp3) is 0.333. The van der Waals surface area contributed by atoms with E-state index in [0.29, 0.717) is 11.3 Å². The van der Waals surface area contributed by atoms with Crippen LogP contribution >= 0.6 is 0 Å². The van der Waals surface area contributed by atoms with Crippen molar-refractivity contribution in [2.45, 2.75) is 19.6 Å². The summed E-state index contributed by atoms with van der Waals surface area (Å²) in [5.74, 6) is -0.747. The van der Waals surface area contributed by atoms with Gasteiger partial charge in [-0.05, 0) is 24.6 Å². The molecule has 0 bridgehead atoms. The minimum atomic E-state index is -3.01. The molecule has 9 heteroatoms. The van der Waals surface area contributed by atoms with Gasteiger partial charge in [0.15, 0.2) is 11.5 Å². The third-order valence-corrected chi connectivity index (χ3v) is 4.05. The number of benzene rings is 1. The lowest BCUT2D eigenvalue weighted by atomic mass is 9.94. The number of carbonyl (C=O) groups excluding carboxylic acids is 2. The summed E-state index contributed by atoms with van der Waals surface area (Å²) < 4.78 is 39.3. The van der Waals surface area contributed by atoms with E-state index in [9.17, 15) is 18.4 Å². The van der Waals surface area contributed by atoms with Crippen LogP contribution < -0.4 is 14.8 Å². The van der Waals surface area contributed by atoms with Crippen LogP contribution in [0.1, 0.15) is 18.5 Å². The van der Waals surface area contributed by atoms with Crippen LogP contribution in [-0.2, 0) is 9.53 Å². The standard InChI is InChI=1S/C18H20F2N2O5/c1-5-8-22-10(2)14(16(23)26-4)15(21-18(22)24)11-6-7-12(27-17(19)20)13(9-11)25-3/h5-7,9,15,17H,1,8H2,2-4H3,(H,21,24). The number of methoxy groups -OCH3 is 2. The highest BCUT2D eigenvalue weighted by atomic mass is 19.3. The summed E-state index contributed by atoms with van der Waals surface area (Å²) in [5.41, 5.74) is 1.06. The Morgan fingerprint density at radius 1 is 1.37 bits per heavy atom. The summed E-state index contributed by atoms with van der Waals surface area (Å²) in [7, 11) is 2.53. The first-order valence-corrected chi connectivity index (χ1v) is 7.94. The maximum Gasteiger partial charge on any atom is 0.387 e. The van der Waals surface area contributed by atoms with Gasteiger partial charge in [-0.2, -0.15) is 8.78 Å². The monoisotopic (exact) mass is 382 g/mol. The SMILES string of the molecule is C=CCN1C(=O)NC(c2ccc(OC(F)F)c(OC)c2)C(C(=O)OC)=C1C. The predicted molar refractivity (Wildman–Crippen MR) is 92.5 cm³/mol. The van der Waals surface area contributed by atoms with Gasteiger partial charge in [0.25, 0.3) is 0 Å². The molecule has 1 aromatic rings. The Morgan fingerprint density at radius 3 is 2.63 bits per heavy atom. The average Bonchev–Trinajstić information content (AvgIpc) is 2.64. The van der Waals surface area contributed by atoms with Crippen molar-refractivity contribution >= 4 is 12.0 Å². The molecule has 7 nitrogen and oxygen atoms in total. The predicted octanol–water partition coefficient (Wildman–Crippen LogP) is 3.00. The number of esters is 1. The molecule has 1 unspecified atom stereocenters. The fourth-order valence-electron chi connectivity index (χ4n) is 2.81. The van der Waals surface area contributed by atoms with E-state index < -0.39 is 24.7 Å². The molecule has 0 fully saturated rings. The number of ether oxygens (including phenoxy) is 3. The Hall–Kier alpha value is -3.10. The topological polar surface area (TPSA) is 77.1 Å². The minimum Gasteiger partial charge on any atom is -0.493 e. The van der Waals surface area contributed by atoms with Crippen molar-refractivity contribution < 1.29 is 32.6 Å². The normalized spacial score (nSPS) is 16.9. The van der Waals surface area contributed by atoms with Crippen molar-refractivity contribution in [3.05, 3.63) is 47.7 Å². The molecule has 1 aliphatic rings. The van der Waals surface area contributed by atoms with E-state index in [0.717, 1.165) is 0 Å². The molecule has 27 heavy (non-hydrogen) atoms. The smallest absolute Gasteiger partial charge is 0.387 e. The van der Waals surface area contributed by atoms with E-state index in [4.69, 9.17) is 9.47 Å². The zero-order valence-electron chi connectivity index (χ0n) is 15.1. The molecule has 1 aromatic carbocycles. The molecule has 1 N–H and O–H groups in total. The summed E-state index contributed by atoms with van der Waals surface area (Å²) in [5, 5.41) is 2.71. The molecule has 0 spiro atoms. The van der Waals surface area contributed by atoms with E-state index >= 15 is 0 Å². The number of allylic oxidation sites excluding steroid dienone is 1. The maximum atomic E-state index is 12.5. The van der Waals surface area contributed by atoms with Crippen LogP contribution in [0.2, 0.25) is 0 Å². The van der Waals surface area contributed by atoms with Crippen LogP contribution in [0.3, 0.4) is 0 Å². The second kappa shape index (κ2) is 8.52. The van der Waals surface area contributed by atoms with Crippen LogP contribution in [0.4, 0.5) is 13.6 Å². The summed E-state index contributed by atoms with van der Waals surface area (Å²) in [4.78, 5) is 26.1. The van der Waals surface area contributed by atoms with Crippen molar-refractivity contribution in [2.24, 2.45) is 0 Å². The first-order valence-electron chi connectivity index (χ1n) is 7.94. The van der Waals surface area contributed by atoms with Crippen molar-refractivity contribution in [3.8, 4) is 11.5 Å². The van der Waals surface area contributed by atoms with Crippen LogP contribution in [-0.4, -0.2) is 44.3 Å². The summed E-state index contributed by atoms with van der Waals surface area (Å²) in [6.07, 6.45) is 1.53. The molecule has 146 valence electrons. The Morgan fingerprint density at radius 2 is 2.07 bits per heavy atom. The molecular formula is C18H20F2N2O5. The number of nitrogens with zero attached hydrogens (tertiary/aromatic N) is 1. The third-order valence-electron chi connectivity index (χ3n) is 4.05. The Bertz CT molecular complexity index is 779. The van der Waals surface area contributed by atoms with Gasteiger partial charge in [-0.25, -0.2) is 9.59 Å². The van der Waals surface area contributed by atoms with E-state index in [1.807, 2.05) is 0 Å². The van der Waals surface area contributed by atoms with Crippen LogP contribution in [0.5, 0.6) is 11.5 Å². The third kappa shape index (κ3) is 4.18. The highest BCUT2D eigenvalue weighted by Gasteiger charge is 2.36. The quantitative estimate of drug-likeness (QED) is 0.580. The highest BCUT2D eigenvalue weighted by molar-refractivity contribution is 5.95. The van der Waals surface area contributed by atoms with Gasteiger partial charge in [-0.3, -0.25) is 4.90 Å². The second-order valence-corrected chi connectivity index (χ2v) is 5.56. The maximum absolute atomic E-state index is 12.5. The molecule has 0 saturated carbocycles. The van der Waals surface area contributed by atoms with Gasteiger partial charge in [-0.15, -0.1) is 6.58 Å². The number of rotatable bonds is 7. The lowest BCUT2D eigenvalue weighted by Crippen LogP contribution is -2.48. The Labute approximate surface area is 155 Å². The largest absolute Gasteiger partial charge is 0.493 e. The van der Waals surface area contributed by atoms with E-state index in [2.05, 4.69) is 16.6 Å². The van der Waals surface area contributed by atoms with Crippen molar-refractivity contribution in [3.63, 3.8) is 0 Å². The van der Waals surface area contributed by atoms with E-state index in [1.165, 1.54) is 43.4 Å². The van der Waals surface area contributed by atoms with Gasteiger partial charge in [0.1, 0.15) is 0 Å². The van der Waals surface area contributed by atoms with Gasteiger partial charge in [0, 0.05) is 12.2 Å². The zero-order chi connectivity index (χ0) is 20.1. The summed E-state index contributed by atoms with van der Waals surface area (Å²) >= 11 is 0. The Kier molecular flexibility index (Phi) is 6.38. The summed E-state index contributed by atoms with van der Waals surface area (Å²) in [6, 6.07) is 2.89. The zero-order valence-corrected chi connectivity index (χ0v) is 15.1. The number of nitrogens with one attached hydrogen (secondary N) is 1. The molecular weight excluding hydrogens is 362 g/mol. The summed E-state index contributed by atoms with van der Waals surface area (Å²) in [6.45, 7) is 2.40. The fourth-order valence-corrected chi connectivity index (χ4v) is 2.81. The van der Waals surface area contributed by atoms with Gasteiger partial charge in [-0.1, -0.05) is 12.1 Å². The number of urea groups is 1. The van der Waals surface area contributed by atoms with Crippen molar-refractivity contribution in [2.75, 3.05) is 20.8 Å². The first kappa shape index (κ1) is 20.2. The number of alkyl halides is 2. The number of amides is 2.